The van der Waals surface area contributed by atoms with Crippen molar-refractivity contribution in [3.8, 4) is 0 Å². The molecule has 0 amide bonds. The van der Waals surface area contributed by atoms with E-state index in [-0.39, 0.29) is 5.97 Å². The largest absolute Gasteiger partial charge is 0.432 e. The molecule has 2 nitrogen and oxygen atoms in total. The number of hydrogen-bond acceptors (Lipinski definition) is 2. The van der Waals surface area contributed by atoms with Crippen LogP contribution in [0.15, 0.2) is 12.3 Å². The highest BCUT2D eigenvalue weighted by atomic mass is 16.5. The van der Waals surface area contributed by atoms with Gasteiger partial charge in [-0.2, -0.15) is 0 Å². The van der Waals surface area contributed by atoms with Crippen molar-refractivity contribution in [3.63, 3.8) is 0 Å². The number of hydrogen-bond donors (Lipinski definition) is 0. The molecular weight excluding hydrogens is 92.1 g/mol. The molecule has 0 unspecified atom stereocenters. The van der Waals surface area contributed by atoms with Crippen LogP contribution in [0.25, 0.3) is 0 Å². The fourth-order valence-corrected chi connectivity index (χ4v) is 0.474. The number of ether oxygens (including phenoxy) is 1. The Labute approximate surface area is 43.2 Å². The summed E-state index contributed by atoms with van der Waals surface area (Å²) in [6.07, 6.45) is 1.03. The van der Waals surface area contributed by atoms with Gasteiger partial charge in [0.2, 0.25) is 0 Å². The summed E-state index contributed by atoms with van der Waals surface area (Å²) in [5.74, 6) is 0.263. The Morgan fingerprint density at radius 1 is 1.86 bits per heavy atom. The lowest BCUT2D eigenvalue weighted by atomic mass is 10.3. The molecule has 0 aromatic heterocycles. The number of rotatable bonds is 0. The molecule has 1 aliphatic heterocycles. The third kappa shape index (κ3) is 0.796. The van der Waals surface area contributed by atoms with Gasteiger partial charge in [-0.25, -0.2) is 0 Å². The normalized spacial score (nSPS) is 27.7. The molecule has 7 heavy (non-hydrogen) atoms. The lowest BCUT2D eigenvalue weighted by Gasteiger charge is -1.85. The summed E-state index contributed by atoms with van der Waals surface area (Å²) in [6.45, 7) is 1.07. The van der Waals surface area contributed by atoms with Crippen LogP contribution in [-0.2, 0) is 9.53 Å². The van der Waals surface area contributed by atoms with Crippen LogP contribution in [0.3, 0.4) is 0 Å². The van der Waals surface area contributed by atoms with Gasteiger partial charge >= 0.3 is 5.97 Å². The predicted molar refractivity (Wildman–Crippen MR) is 24.5 cm³/mol. The molecule has 0 saturated carbocycles. The van der Waals surface area contributed by atoms with Crippen molar-refractivity contribution < 1.29 is 10.9 Å². The Morgan fingerprint density at radius 3 is 3.00 bits per heavy atom. The van der Waals surface area contributed by atoms with Crippen molar-refractivity contribution in [1.29, 1.82) is 0 Å². The van der Waals surface area contributed by atoms with Crippen LogP contribution in [-0.4, -0.2) is 5.97 Å². The summed E-state index contributed by atoms with van der Waals surface area (Å²) in [4.78, 5) is 10.3. The third-order valence-corrected chi connectivity index (χ3v) is 0.820. The van der Waals surface area contributed by atoms with Crippen LogP contribution in [0.1, 0.15) is 14.2 Å². The number of esters is 1. The molecule has 0 spiro atoms. The molecule has 1 saturated heterocycles. The van der Waals surface area contributed by atoms with E-state index >= 15 is 0 Å². The second kappa shape index (κ2) is 1.37. The van der Waals surface area contributed by atoms with E-state index in [1.54, 1.807) is 0 Å². The summed E-state index contributed by atoms with van der Waals surface area (Å²) in [5, 5.41) is 0. The maximum absolute atomic E-state index is 10.3. The molecule has 0 atom stereocenters. The van der Waals surface area contributed by atoms with Gasteiger partial charge in [0.15, 0.2) is 0 Å². The van der Waals surface area contributed by atoms with Crippen LogP contribution in [0.4, 0.5) is 0 Å². The zero-order valence-corrected chi connectivity index (χ0v) is 3.81. The van der Waals surface area contributed by atoms with Crippen molar-refractivity contribution >= 4 is 5.97 Å². The molecule has 1 heterocycles. The van der Waals surface area contributed by atoms with E-state index in [2.05, 4.69) is 4.74 Å². The molecule has 1 fully saturated rings. The van der Waals surface area contributed by atoms with E-state index in [1.165, 1.54) is 0 Å². The van der Waals surface area contributed by atoms with Crippen LogP contribution < -0.4 is 0 Å². The van der Waals surface area contributed by atoms with Crippen molar-refractivity contribution in [2.24, 2.45) is 0 Å². The fourth-order valence-electron chi connectivity index (χ4n) is 0.474. The quantitative estimate of drug-likeness (QED) is 0.420. The molecule has 38 valence electrons. The van der Waals surface area contributed by atoms with Crippen LogP contribution in [0, 0.1) is 0 Å². The molecule has 0 aliphatic carbocycles. The van der Waals surface area contributed by atoms with Gasteiger partial charge in [-0.05, 0) is 0 Å². The Hall–Kier alpha value is -0.790. The molecule has 0 bridgehead atoms. The van der Waals surface area contributed by atoms with Gasteiger partial charge < -0.3 is 4.74 Å². The molecule has 1 rings (SSSR count). The average Bonchev–Trinajstić information content (AvgIpc) is 2.14. The minimum absolute atomic E-state index is 0.219. The molecule has 0 aromatic carbocycles. The maximum Gasteiger partial charge on any atom is 0.311 e. The first-order valence-electron chi connectivity index (χ1n) is 2.69. The number of allylic oxidation sites excluding steroid dienone is 1. The smallest absolute Gasteiger partial charge is 0.311 e. The summed E-state index contributed by atoms with van der Waals surface area (Å²) in [7, 11) is 0. The first-order valence-corrected chi connectivity index (χ1v) is 2.11. The number of cyclic esters (lactones) is 1. The molecule has 2 heteroatoms. The summed E-state index contributed by atoms with van der Waals surface area (Å²) < 4.78 is 11.2. The monoisotopic (exact) mass is 99.0 g/mol. The second-order valence-electron chi connectivity index (χ2n) is 1.44. The van der Waals surface area contributed by atoms with Crippen molar-refractivity contribution in [1.82, 2.24) is 0 Å². The minimum Gasteiger partial charge on any atom is -0.432 e. The lowest BCUT2D eigenvalue weighted by molar-refractivity contribution is -0.135. The second-order valence-corrected chi connectivity index (χ2v) is 1.44. The standard InChI is InChI=1S/C5H6O2/c1-4-2-3-5(6)7-4/h1-3H2/i1D. The maximum atomic E-state index is 10.3. The Kier molecular flexibility index (Phi) is 0.635. The van der Waals surface area contributed by atoms with E-state index in [0.29, 0.717) is 18.6 Å². The zero-order chi connectivity index (χ0) is 5.98. The van der Waals surface area contributed by atoms with Gasteiger partial charge in [0.05, 0.1) is 7.79 Å². The van der Waals surface area contributed by atoms with Crippen molar-refractivity contribution in [3.05, 3.63) is 12.3 Å². The highest BCUT2D eigenvalue weighted by Crippen LogP contribution is 2.13. The highest BCUT2D eigenvalue weighted by Gasteiger charge is 2.13. The topological polar surface area (TPSA) is 26.3 Å². The summed E-state index contributed by atoms with van der Waals surface area (Å²) in [6, 6.07) is 0. The molecule has 0 N–H and O–H groups in total. The first kappa shape index (κ1) is 3.24. The number of carbonyl (C=O) groups excluding carboxylic acids is 1. The minimum atomic E-state index is -0.219. The SMILES string of the molecule is [2H]C=C1CCC(=O)O1. The van der Waals surface area contributed by atoms with E-state index in [9.17, 15) is 4.79 Å². The molecular formula is C5H6O2. The van der Waals surface area contributed by atoms with Gasteiger partial charge in [0.25, 0.3) is 0 Å². The van der Waals surface area contributed by atoms with E-state index < -0.39 is 0 Å². The van der Waals surface area contributed by atoms with Crippen molar-refractivity contribution in [2.45, 2.75) is 12.8 Å². The van der Waals surface area contributed by atoms with Crippen LogP contribution >= 0.6 is 0 Å². The average molecular weight is 99.1 g/mol. The van der Waals surface area contributed by atoms with Gasteiger partial charge in [0.1, 0.15) is 5.76 Å². The van der Waals surface area contributed by atoms with Gasteiger partial charge in [-0.3, -0.25) is 4.79 Å². The van der Waals surface area contributed by atoms with Crippen LogP contribution in [0.5, 0.6) is 0 Å². The Morgan fingerprint density at radius 2 is 2.71 bits per heavy atom. The molecule has 0 radical (unpaired) electrons. The van der Waals surface area contributed by atoms with Crippen LogP contribution in [0.2, 0.25) is 0 Å². The third-order valence-electron chi connectivity index (χ3n) is 0.820. The molecule has 1 aliphatic rings. The zero-order valence-electron chi connectivity index (χ0n) is 4.81. The first-order chi connectivity index (χ1) is 3.83. The Balaban J connectivity index is 2.56. The van der Waals surface area contributed by atoms with Gasteiger partial charge in [-0.15, -0.1) is 0 Å². The van der Waals surface area contributed by atoms with E-state index in [0.717, 1.165) is 6.55 Å². The molecule has 0 aromatic rings. The fraction of sp³-hybridized carbons (Fsp3) is 0.400. The van der Waals surface area contributed by atoms with Crippen molar-refractivity contribution in [2.75, 3.05) is 0 Å². The lowest BCUT2D eigenvalue weighted by Crippen LogP contribution is -1.87. The number of carbonyl (C=O) groups is 1. The summed E-state index contributed by atoms with van der Waals surface area (Å²) >= 11 is 0. The summed E-state index contributed by atoms with van der Waals surface area (Å²) in [5.41, 5.74) is 0. The van der Waals surface area contributed by atoms with E-state index in [1.807, 2.05) is 0 Å². The highest BCUT2D eigenvalue weighted by molar-refractivity contribution is 5.73. The van der Waals surface area contributed by atoms with E-state index in [4.69, 9.17) is 1.37 Å². The predicted octanol–water partition coefficient (Wildman–Crippen LogP) is 0.837. The Bertz CT molecular complexity index is 139. The van der Waals surface area contributed by atoms with Gasteiger partial charge in [-0.1, -0.05) is 6.55 Å². The van der Waals surface area contributed by atoms with Gasteiger partial charge in [0, 0.05) is 6.42 Å².